The van der Waals surface area contributed by atoms with E-state index < -0.39 is 16.0 Å². The predicted molar refractivity (Wildman–Crippen MR) is 75.8 cm³/mol. The molecule has 0 saturated heterocycles. The molecule has 0 aliphatic heterocycles. The molecular weight excluding hydrogens is 294 g/mol. The number of nitrogens with zero attached hydrogens (tertiary/aromatic N) is 1. The number of aromatic nitrogens is 2. The number of rotatable bonds is 6. The van der Waals surface area contributed by atoms with Crippen LogP contribution in [0.5, 0.6) is 0 Å². The van der Waals surface area contributed by atoms with Gasteiger partial charge in [0, 0.05) is 11.9 Å². The molecule has 0 aliphatic carbocycles. The van der Waals surface area contributed by atoms with Crippen LogP contribution in [0.1, 0.15) is 21.6 Å². The quantitative estimate of drug-likeness (QED) is 0.769. The van der Waals surface area contributed by atoms with Crippen LogP contribution in [0.4, 0.5) is 0 Å². The number of carbonyl (C=O) groups is 1. The van der Waals surface area contributed by atoms with E-state index in [1.54, 1.807) is 24.4 Å². The summed E-state index contributed by atoms with van der Waals surface area (Å²) in [5, 5.41) is 0. The summed E-state index contributed by atoms with van der Waals surface area (Å²) in [5.41, 5.74) is 1.50. The van der Waals surface area contributed by atoms with Crippen molar-refractivity contribution < 1.29 is 17.9 Å². The van der Waals surface area contributed by atoms with E-state index >= 15 is 0 Å². The van der Waals surface area contributed by atoms with Gasteiger partial charge in [-0.1, -0.05) is 12.1 Å². The second-order valence-corrected chi connectivity index (χ2v) is 6.16. The standard InChI is InChI=1S/C13H15N3O4S/c1-20-13(17)11-4-2-3-10(5-11)8-21(18,19)16-7-12-6-14-9-15-12/h2-6,9,16H,7-8H2,1H3,(H,14,15). The number of aromatic amines is 1. The lowest BCUT2D eigenvalue weighted by molar-refractivity contribution is 0.0600. The van der Waals surface area contributed by atoms with E-state index in [4.69, 9.17) is 0 Å². The Balaban J connectivity index is 2.04. The Morgan fingerprint density at radius 1 is 1.43 bits per heavy atom. The van der Waals surface area contributed by atoms with E-state index in [1.807, 2.05) is 0 Å². The average molecular weight is 309 g/mol. The van der Waals surface area contributed by atoms with Crippen molar-refractivity contribution in [1.29, 1.82) is 0 Å². The molecule has 1 aromatic carbocycles. The summed E-state index contributed by atoms with van der Waals surface area (Å²) in [7, 11) is -2.23. The van der Waals surface area contributed by atoms with Crippen molar-refractivity contribution in [3.63, 3.8) is 0 Å². The zero-order chi connectivity index (χ0) is 15.3. The van der Waals surface area contributed by atoms with E-state index in [-0.39, 0.29) is 12.3 Å². The molecule has 2 aromatic rings. The van der Waals surface area contributed by atoms with Crippen LogP contribution in [0, 0.1) is 0 Å². The molecule has 1 aromatic heterocycles. The molecule has 112 valence electrons. The van der Waals surface area contributed by atoms with Crippen LogP contribution >= 0.6 is 0 Å². The van der Waals surface area contributed by atoms with Crippen LogP contribution in [-0.4, -0.2) is 31.5 Å². The molecular formula is C13H15N3O4S. The summed E-state index contributed by atoms with van der Waals surface area (Å²) in [6.45, 7) is 0.138. The van der Waals surface area contributed by atoms with Crippen molar-refractivity contribution in [1.82, 2.24) is 14.7 Å². The highest BCUT2D eigenvalue weighted by molar-refractivity contribution is 7.88. The summed E-state index contributed by atoms with van der Waals surface area (Å²) >= 11 is 0. The third-order valence-corrected chi connectivity index (χ3v) is 4.04. The van der Waals surface area contributed by atoms with Gasteiger partial charge in [0.15, 0.2) is 0 Å². The van der Waals surface area contributed by atoms with Crippen LogP contribution in [0.25, 0.3) is 0 Å². The number of hydrogen-bond acceptors (Lipinski definition) is 5. The summed E-state index contributed by atoms with van der Waals surface area (Å²) < 4.78 is 31.0. The third-order valence-electron chi connectivity index (χ3n) is 2.74. The number of esters is 1. The van der Waals surface area contributed by atoms with Gasteiger partial charge in [-0.2, -0.15) is 0 Å². The van der Waals surface area contributed by atoms with Gasteiger partial charge in [-0.3, -0.25) is 0 Å². The zero-order valence-corrected chi connectivity index (χ0v) is 12.2. The molecule has 1 heterocycles. The summed E-state index contributed by atoms with van der Waals surface area (Å²) in [6, 6.07) is 6.33. The Labute approximate surface area is 122 Å². The van der Waals surface area contributed by atoms with Crippen LogP contribution in [0.15, 0.2) is 36.8 Å². The highest BCUT2D eigenvalue weighted by Gasteiger charge is 2.13. The van der Waals surface area contributed by atoms with Crippen molar-refractivity contribution in [2.45, 2.75) is 12.3 Å². The van der Waals surface area contributed by atoms with Crippen molar-refractivity contribution in [2.24, 2.45) is 0 Å². The molecule has 0 bridgehead atoms. The number of sulfonamides is 1. The maximum Gasteiger partial charge on any atom is 0.337 e. The number of H-pyrrole nitrogens is 1. The van der Waals surface area contributed by atoms with Crippen LogP contribution in [-0.2, 0) is 27.1 Å². The molecule has 0 radical (unpaired) electrons. The van der Waals surface area contributed by atoms with Crippen molar-refractivity contribution in [3.05, 3.63) is 53.6 Å². The van der Waals surface area contributed by atoms with Gasteiger partial charge in [0.25, 0.3) is 0 Å². The molecule has 8 heteroatoms. The summed E-state index contributed by atoms with van der Waals surface area (Å²) in [6.07, 6.45) is 3.02. The fourth-order valence-corrected chi connectivity index (χ4v) is 2.84. The fourth-order valence-electron chi connectivity index (χ4n) is 1.75. The topological polar surface area (TPSA) is 101 Å². The van der Waals surface area contributed by atoms with Crippen LogP contribution in [0.3, 0.4) is 0 Å². The lowest BCUT2D eigenvalue weighted by atomic mass is 10.1. The van der Waals surface area contributed by atoms with Gasteiger partial charge in [-0.25, -0.2) is 22.9 Å². The average Bonchev–Trinajstić information content (AvgIpc) is 2.97. The SMILES string of the molecule is COC(=O)c1cccc(CS(=O)(=O)NCc2cnc[nH]2)c1. The van der Waals surface area contributed by atoms with Gasteiger partial charge in [0.1, 0.15) is 0 Å². The number of imidazole rings is 1. The lowest BCUT2D eigenvalue weighted by Gasteiger charge is -2.07. The molecule has 0 saturated carbocycles. The fraction of sp³-hybridized carbons (Fsp3) is 0.231. The second kappa shape index (κ2) is 6.51. The largest absolute Gasteiger partial charge is 0.465 e. The molecule has 0 unspecified atom stereocenters. The second-order valence-electron chi connectivity index (χ2n) is 4.35. The van der Waals surface area contributed by atoms with E-state index in [0.29, 0.717) is 16.8 Å². The van der Waals surface area contributed by atoms with E-state index in [9.17, 15) is 13.2 Å². The molecule has 2 rings (SSSR count). The Morgan fingerprint density at radius 3 is 2.90 bits per heavy atom. The number of methoxy groups -OCH3 is 1. The molecule has 2 N–H and O–H groups in total. The first-order valence-corrected chi connectivity index (χ1v) is 7.77. The molecule has 21 heavy (non-hydrogen) atoms. The predicted octanol–water partition coefficient (Wildman–Crippen LogP) is 0.816. The van der Waals surface area contributed by atoms with E-state index in [1.165, 1.54) is 19.5 Å². The van der Waals surface area contributed by atoms with Gasteiger partial charge < -0.3 is 9.72 Å². The lowest BCUT2D eigenvalue weighted by Crippen LogP contribution is -2.25. The number of hydrogen-bond donors (Lipinski definition) is 2. The van der Waals surface area contributed by atoms with E-state index in [2.05, 4.69) is 19.4 Å². The Morgan fingerprint density at radius 2 is 2.24 bits per heavy atom. The van der Waals surface area contributed by atoms with Crippen molar-refractivity contribution in [2.75, 3.05) is 7.11 Å². The monoisotopic (exact) mass is 309 g/mol. The first-order valence-electron chi connectivity index (χ1n) is 6.12. The van der Waals surface area contributed by atoms with Gasteiger partial charge in [0.05, 0.1) is 31.3 Å². The smallest absolute Gasteiger partial charge is 0.337 e. The van der Waals surface area contributed by atoms with Crippen LogP contribution < -0.4 is 4.72 Å². The van der Waals surface area contributed by atoms with Gasteiger partial charge in [-0.15, -0.1) is 0 Å². The van der Waals surface area contributed by atoms with Crippen LogP contribution in [0.2, 0.25) is 0 Å². The molecule has 0 spiro atoms. The highest BCUT2D eigenvalue weighted by atomic mass is 32.2. The Kier molecular flexibility index (Phi) is 4.71. The molecule has 0 amide bonds. The Bertz CT molecular complexity index is 711. The summed E-state index contributed by atoms with van der Waals surface area (Å²) in [5.74, 6) is -0.717. The van der Waals surface area contributed by atoms with Gasteiger partial charge in [0.2, 0.25) is 10.0 Å². The van der Waals surface area contributed by atoms with Crippen molar-refractivity contribution >= 4 is 16.0 Å². The normalized spacial score (nSPS) is 11.3. The van der Waals surface area contributed by atoms with Crippen molar-refractivity contribution in [3.8, 4) is 0 Å². The van der Waals surface area contributed by atoms with Gasteiger partial charge >= 0.3 is 5.97 Å². The number of carbonyl (C=O) groups excluding carboxylic acids is 1. The molecule has 0 aliphatic rings. The first-order chi connectivity index (χ1) is 10.00. The minimum Gasteiger partial charge on any atom is -0.465 e. The van der Waals surface area contributed by atoms with Gasteiger partial charge in [-0.05, 0) is 17.7 Å². The molecule has 0 atom stereocenters. The maximum absolute atomic E-state index is 12.0. The molecule has 7 nitrogen and oxygen atoms in total. The first kappa shape index (κ1) is 15.2. The molecule has 0 fully saturated rings. The third kappa shape index (κ3) is 4.40. The number of nitrogens with one attached hydrogen (secondary N) is 2. The Hall–Kier alpha value is -2.19. The van der Waals surface area contributed by atoms with E-state index in [0.717, 1.165) is 0 Å². The minimum absolute atomic E-state index is 0.138. The highest BCUT2D eigenvalue weighted by Crippen LogP contribution is 2.10. The maximum atomic E-state index is 12.0. The number of ether oxygens (including phenoxy) is 1. The summed E-state index contributed by atoms with van der Waals surface area (Å²) in [4.78, 5) is 18.0. The number of benzene rings is 1. The zero-order valence-electron chi connectivity index (χ0n) is 11.4. The minimum atomic E-state index is -3.51.